The maximum absolute atomic E-state index is 13.2. The first-order valence-corrected chi connectivity index (χ1v) is 10.4. The summed E-state index contributed by atoms with van der Waals surface area (Å²) < 4.78 is 2.00. The van der Waals surface area contributed by atoms with Crippen molar-refractivity contribution in [2.45, 2.75) is 51.0 Å². The van der Waals surface area contributed by atoms with Gasteiger partial charge in [-0.2, -0.15) is 0 Å². The second kappa shape index (κ2) is 6.50. The van der Waals surface area contributed by atoms with Crippen LogP contribution in [0.5, 0.6) is 0 Å². The molecule has 4 heteroatoms. The first-order chi connectivity index (χ1) is 13.1. The standard InChI is InChI=1S/C23H29N3O/c1-26-8-7-24-22(26)21(19-5-3-2-4-6-19)25-20(27)15-23-12-16-9-17(13-23)11-18(10-16)14-23/h2-8,16-18,21H,9-15H2,1H3,(H,25,27). The second-order valence-corrected chi connectivity index (χ2v) is 9.40. The number of aromatic nitrogens is 2. The lowest BCUT2D eigenvalue weighted by Crippen LogP contribution is -2.48. The molecule has 142 valence electrons. The highest BCUT2D eigenvalue weighted by atomic mass is 16.1. The zero-order valence-corrected chi connectivity index (χ0v) is 16.1. The van der Waals surface area contributed by atoms with Crippen LogP contribution in [-0.4, -0.2) is 15.5 Å². The van der Waals surface area contributed by atoms with Crippen LogP contribution in [-0.2, 0) is 11.8 Å². The van der Waals surface area contributed by atoms with Gasteiger partial charge < -0.3 is 9.88 Å². The molecule has 0 aliphatic heterocycles. The monoisotopic (exact) mass is 363 g/mol. The molecule has 4 aliphatic carbocycles. The first-order valence-electron chi connectivity index (χ1n) is 10.4. The third kappa shape index (κ3) is 3.19. The molecule has 6 rings (SSSR count). The Bertz CT molecular complexity index is 790. The second-order valence-electron chi connectivity index (χ2n) is 9.40. The van der Waals surface area contributed by atoms with Gasteiger partial charge in [-0.05, 0) is 67.3 Å². The summed E-state index contributed by atoms with van der Waals surface area (Å²) in [6.07, 6.45) is 12.5. The van der Waals surface area contributed by atoms with Crippen LogP contribution < -0.4 is 5.32 Å². The molecule has 1 aromatic carbocycles. The van der Waals surface area contributed by atoms with E-state index in [0.717, 1.165) is 29.1 Å². The Hall–Kier alpha value is -2.10. The number of rotatable bonds is 5. The van der Waals surface area contributed by atoms with Crippen LogP contribution >= 0.6 is 0 Å². The van der Waals surface area contributed by atoms with Crippen LogP contribution in [0.2, 0.25) is 0 Å². The number of amides is 1. The fourth-order valence-electron chi connectivity index (χ4n) is 6.66. The number of benzene rings is 1. The van der Waals surface area contributed by atoms with Gasteiger partial charge in [-0.25, -0.2) is 4.98 Å². The summed E-state index contributed by atoms with van der Waals surface area (Å²) in [6, 6.07) is 10.0. The van der Waals surface area contributed by atoms with Gasteiger partial charge in [0.15, 0.2) is 0 Å². The molecule has 1 N–H and O–H groups in total. The predicted octanol–water partition coefficient (Wildman–Crippen LogP) is 4.23. The van der Waals surface area contributed by atoms with Crippen molar-refractivity contribution in [1.29, 1.82) is 0 Å². The molecule has 1 amide bonds. The Morgan fingerprint density at radius 2 is 1.78 bits per heavy atom. The third-order valence-corrected chi connectivity index (χ3v) is 7.26. The summed E-state index contributed by atoms with van der Waals surface area (Å²) in [5, 5.41) is 3.33. The van der Waals surface area contributed by atoms with Crippen LogP contribution in [0.25, 0.3) is 0 Å². The maximum atomic E-state index is 13.2. The minimum atomic E-state index is -0.187. The van der Waals surface area contributed by atoms with Crippen molar-refractivity contribution in [3.63, 3.8) is 0 Å². The minimum Gasteiger partial charge on any atom is -0.342 e. The summed E-state index contributed by atoms with van der Waals surface area (Å²) in [5.41, 5.74) is 1.35. The van der Waals surface area contributed by atoms with Crippen LogP contribution in [0.15, 0.2) is 42.7 Å². The highest BCUT2D eigenvalue weighted by Gasteiger charge is 2.51. The van der Waals surface area contributed by atoms with Crippen molar-refractivity contribution >= 4 is 5.91 Å². The molecule has 2 aromatic rings. The van der Waals surface area contributed by atoms with E-state index >= 15 is 0 Å². The number of hydrogen-bond acceptors (Lipinski definition) is 2. The Morgan fingerprint density at radius 3 is 2.33 bits per heavy atom. The van der Waals surface area contributed by atoms with Gasteiger partial charge in [0.05, 0.1) is 0 Å². The van der Waals surface area contributed by atoms with Crippen molar-refractivity contribution in [3.8, 4) is 0 Å². The zero-order chi connectivity index (χ0) is 18.4. The summed E-state index contributed by atoms with van der Waals surface area (Å²) in [6.45, 7) is 0. The Morgan fingerprint density at radius 1 is 1.15 bits per heavy atom. The lowest BCUT2D eigenvalue weighted by atomic mass is 9.49. The Balaban J connectivity index is 1.36. The van der Waals surface area contributed by atoms with E-state index in [9.17, 15) is 4.79 Å². The lowest BCUT2D eigenvalue weighted by Gasteiger charge is -2.56. The largest absolute Gasteiger partial charge is 0.342 e. The lowest BCUT2D eigenvalue weighted by molar-refractivity contribution is -0.130. The van der Waals surface area contributed by atoms with E-state index < -0.39 is 0 Å². The van der Waals surface area contributed by atoms with Crippen molar-refractivity contribution in [2.24, 2.45) is 30.2 Å². The molecule has 1 heterocycles. The van der Waals surface area contributed by atoms with Crippen LogP contribution in [0.4, 0.5) is 0 Å². The molecule has 4 bridgehead atoms. The SMILES string of the molecule is Cn1ccnc1C(NC(=O)CC12CC3CC(CC(C3)C1)C2)c1ccccc1. The van der Waals surface area contributed by atoms with Crippen LogP contribution in [0, 0.1) is 23.2 Å². The fraction of sp³-hybridized carbons (Fsp3) is 0.565. The molecule has 0 saturated heterocycles. The van der Waals surface area contributed by atoms with Gasteiger partial charge in [-0.1, -0.05) is 30.3 Å². The number of carbonyl (C=O) groups is 1. The molecule has 0 spiro atoms. The molecule has 1 atom stereocenters. The van der Waals surface area contributed by atoms with Gasteiger partial charge in [0.25, 0.3) is 0 Å². The highest BCUT2D eigenvalue weighted by molar-refractivity contribution is 5.77. The molecule has 1 aromatic heterocycles. The predicted molar refractivity (Wildman–Crippen MR) is 105 cm³/mol. The van der Waals surface area contributed by atoms with Gasteiger partial charge in [-0.15, -0.1) is 0 Å². The van der Waals surface area contributed by atoms with Crippen LogP contribution in [0.1, 0.15) is 62.4 Å². The number of aryl methyl sites for hydroxylation is 1. The number of hydrogen-bond donors (Lipinski definition) is 1. The van der Waals surface area contributed by atoms with Crippen molar-refractivity contribution in [3.05, 3.63) is 54.1 Å². The van der Waals surface area contributed by atoms with Crippen LogP contribution in [0.3, 0.4) is 0 Å². The van der Waals surface area contributed by atoms with E-state index in [2.05, 4.69) is 22.4 Å². The summed E-state index contributed by atoms with van der Waals surface area (Å²) in [7, 11) is 1.99. The van der Waals surface area contributed by atoms with Crippen molar-refractivity contribution in [2.75, 3.05) is 0 Å². The van der Waals surface area contributed by atoms with Gasteiger partial charge in [0, 0.05) is 25.9 Å². The number of imidazole rings is 1. The summed E-state index contributed by atoms with van der Waals surface area (Å²) in [5.74, 6) is 3.71. The Kier molecular flexibility index (Phi) is 4.10. The van der Waals surface area contributed by atoms with Gasteiger partial charge in [0.2, 0.25) is 5.91 Å². The van der Waals surface area contributed by atoms with E-state index in [-0.39, 0.29) is 17.4 Å². The third-order valence-electron chi connectivity index (χ3n) is 7.26. The maximum Gasteiger partial charge on any atom is 0.221 e. The summed E-state index contributed by atoms with van der Waals surface area (Å²) >= 11 is 0. The van der Waals surface area contributed by atoms with Crippen molar-refractivity contribution < 1.29 is 4.79 Å². The molecule has 4 nitrogen and oxygen atoms in total. The van der Waals surface area contributed by atoms with E-state index in [1.54, 1.807) is 6.20 Å². The van der Waals surface area contributed by atoms with E-state index in [1.807, 2.05) is 36.0 Å². The van der Waals surface area contributed by atoms with Gasteiger partial charge >= 0.3 is 0 Å². The first kappa shape index (κ1) is 17.0. The molecule has 0 radical (unpaired) electrons. The average molecular weight is 364 g/mol. The smallest absolute Gasteiger partial charge is 0.221 e. The average Bonchev–Trinajstić information content (AvgIpc) is 3.04. The van der Waals surface area contributed by atoms with E-state index in [4.69, 9.17) is 0 Å². The number of nitrogens with one attached hydrogen (secondary N) is 1. The highest BCUT2D eigenvalue weighted by Crippen LogP contribution is 2.61. The molecule has 27 heavy (non-hydrogen) atoms. The number of nitrogens with zero attached hydrogens (tertiary/aromatic N) is 2. The summed E-state index contributed by atoms with van der Waals surface area (Å²) in [4.78, 5) is 17.7. The zero-order valence-electron chi connectivity index (χ0n) is 16.1. The van der Waals surface area contributed by atoms with Gasteiger partial charge in [0.1, 0.15) is 11.9 Å². The van der Waals surface area contributed by atoms with E-state index in [1.165, 1.54) is 38.5 Å². The molecule has 4 saturated carbocycles. The molecular weight excluding hydrogens is 334 g/mol. The fourth-order valence-corrected chi connectivity index (χ4v) is 6.66. The van der Waals surface area contributed by atoms with E-state index in [0.29, 0.717) is 6.42 Å². The van der Waals surface area contributed by atoms with Crippen molar-refractivity contribution in [1.82, 2.24) is 14.9 Å². The molecule has 4 fully saturated rings. The minimum absolute atomic E-state index is 0.187. The Labute approximate surface area is 161 Å². The quantitative estimate of drug-likeness (QED) is 0.864. The molecular formula is C23H29N3O. The molecule has 1 unspecified atom stereocenters. The normalized spacial score (nSPS) is 32.4. The number of carbonyl (C=O) groups excluding carboxylic acids is 1. The molecule has 4 aliphatic rings. The van der Waals surface area contributed by atoms with Gasteiger partial charge in [-0.3, -0.25) is 4.79 Å². The topological polar surface area (TPSA) is 46.9 Å².